The van der Waals surface area contributed by atoms with E-state index in [1.807, 2.05) is 0 Å². The molecule has 1 spiro atoms. The van der Waals surface area contributed by atoms with Crippen LogP contribution in [-0.4, -0.2) is 27.7 Å². The standard InChI is InChI=1S/C9H15NO2S/c1-6-3-2-4-9(6)10-7(5-13-9)8(11)12/h6-7,10H,2-5H2,1H3,(H,11,12). The molecule has 1 saturated carbocycles. The van der Waals surface area contributed by atoms with Gasteiger partial charge in [0.25, 0.3) is 0 Å². The molecular weight excluding hydrogens is 186 g/mol. The predicted molar refractivity (Wildman–Crippen MR) is 52.8 cm³/mol. The Hall–Kier alpha value is -0.220. The van der Waals surface area contributed by atoms with Crippen LogP contribution in [0.5, 0.6) is 0 Å². The molecule has 2 fully saturated rings. The SMILES string of the molecule is CC1CCCC12NC(C(=O)O)CS2. The van der Waals surface area contributed by atoms with Gasteiger partial charge in [0.15, 0.2) is 0 Å². The third kappa shape index (κ3) is 1.46. The molecule has 4 heteroatoms. The van der Waals surface area contributed by atoms with Crippen LogP contribution in [0.15, 0.2) is 0 Å². The fourth-order valence-electron chi connectivity index (χ4n) is 2.32. The average molecular weight is 201 g/mol. The lowest BCUT2D eigenvalue weighted by Crippen LogP contribution is -2.46. The number of carboxylic acids is 1. The molecule has 0 aromatic rings. The Morgan fingerprint density at radius 1 is 1.69 bits per heavy atom. The molecule has 74 valence electrons. The Balaban J connectivity index is 2.07. The van der Waals surface area contributed by atoms with Crippen molar-refractivity contribution in [3.05, 3.63) is 0 Å². The number of nitrogens with one attached hydrogen (secondary N) is 1. The van der Waals surface area contributed by atoms with Crippen LogP contribution in [0.2, 0.25) is 0 Å². The molecular formula is C9H15NO2S. The molecule has 1 aliphatic heterocycles. The first-order valence-electron chi connectivity index (χ1n) is 4.78. The smallest absolute Gasteiger partial charge is 0.321 e. The van der Waals surface area contributed by atoms with Gasteiger partial charge in [-0.1, -0.05) is 13.3 Å². The van der Waals surface area contributed by atoms with Gasteiger partial charge in [0.1, 0.15) is 6.04 Å². The maximum Gasteiger partial charge on any atom is 0.321 e. The normalized spacial score (nSPS) is 44.4. The molecule has 2 N–H and O–H groups in total. The van der Waals surface area contributed by atoms with Crippen molar-refractivity contribution in [2.75, 3.05) is 5.75 Å². The predicted octanol–water partition coefficient (Wildman–Crippen LogP) is 1.29. The van der Waals surface area contributed by atoms with E-state index in [1.54, 1.807) is 11.8 Å². The summed E-state index contributed by atoms with van der Waals surface area (Å²) in [6.45, 7) is 2.22. The molecule has 0 bridgehead atoms. The summed E-state index contributed by atoms with van der Waals surface area (Å²) in [4.78, 5) is 10.9. The molecule has 2 rings (SSSR count). The van der Waals surface area contributed by atoms with Crippen molar-refractivity contribution in [2.45, 2.75) is 37.1 Å². The first kappa shape index (κ1) is 9.34. The van der Waals surface area contributed by atoms with E-state index in [0.29, 0.717) is 5.92 Å². The number of thioether (sulfide) groups is 1. The van der Waals surface area contributed by atoms with E-state index < -0.39 is 5.97 Å². The molecule has 0 aromatic heterocycles. The molecule has 2 aliphatic rings. The Morgan fingerprint density at radius 2 is 2.46 bits per heavy atom. The monoisotopic (exact) mass is 201 g/mol. The Morgan fingerprint density at radius 3 is 2.92 bits per heavy atom. The number of rotatable bonds is 1. The van der Waals surface area contributed by atoms with Gasteiger partial charge in [-0.15, -0.1) is 11.8 Å². The average Bonchev–Trinajstić information content (AvgIpc) is 2.63. The highest BCUT2D eigenvalue weighted by atomic mass is 32.2. The minimum Gasteiger partial charge on any atom is -0.480 e. The maximum absolute atomic E-state index is 10.8. The van der Waals surface area contributed by atoms with E-state index in [2.05, 4.69) is 12.2 Å². The van der Waals surface area contributed by atoms with Gasteiger partial charge in [0.05, 0.1) is 4.87 Å². The zero-order valence-electron chi connectivity index (χ0n) is 7.75. The molecule has 0 aromatic carbocycles. The molecule has 1 saturated heterocycles. The fourth-order valence-corrected chi connectivity index (χ4v) is 3.93. The van der Waals surface area contributed by atoms with Gasteiger partial charge in [-0.3, -0.25) is 10.1 Å². The van der Waals surface area contributed by atoms with Gasteiger partial charge in [-0.25, -0.2) is 0 Å². The summed E-state index contributed by atoms with van der Waals surface area (Å²) in [7, 11) is 0. The van der Waals surface area contributed by atoms with Crippen molar-refractivity contribution in [3.63, 3.8) is 0 Å². The summed E-state index contributed by atoms with van der Waals surface area (Å²) in [6, 6.07) is -0.328. The maximum atomic E-state index is 10.8. The minimum atomic E-state index is -0.705. The molecule has 0 radical (unpaired) electrons. The van der Waals surface area contributed by atoms with Gasteiger partial charge in [-0.2, -0.15) is 0 Å². The van der Waals surface area contributed by atoms with Gasteiger partial charge in [0.2, 0.25) is 0 Å². The summed E-state index contributed by atoms with van der Waals surface area (Å²) in [5.74, 6) is 0.630. The van der Waals surface area contributed by atoms with E-state index in [4.69, 9.17) is 5.11 Å². The highest BCUT2D eigenvalue weighted by Crippen LogP contribution is 2.47. The van der Waals surface area contributed by atoms with Crippen LogP contribution >= 0.6 is 11.8 Å². The topological polar surface area (TPSA) is 49.3 Å². The van der Waals surface area contributed by atoms with Crippen LogP contribution < -0.4 is 5.32 Å². The molecule has 1 aliphatic carbocycles. The number of hydrogen-bond donors (Lipinski definition) is 2. The van der Waals surface area contributed by atoms with Crippen molar-refractivity contribution >= 4 is 17.7 Å². The lowest BCUT2D eigenvalue weighted by atomic mass is 10.1. The van der Waals surface area contributed by atoms with Gasteiger partial charge >= 0.3 is 5.97 Å². The highest BCUT2D eigenvalue weighted by molar-refractivity contribution is 8.01. The van der Waals surface area contributed by atoms with Crippen LogP contribution in [-0.2, 0) is 4.79 Å². The summed E-state index contributed by atoms with van der Waals surface area (Å²) in [5, 5.41) is 12.1. The van der Waals surface area contributed by atoms with Gasteiger partial charge < -0.3 is 5.11 Å². The number of aliphatic carboxylic acids is 1. The molecule has 13 heavy (non-hydrogen) atoms. The third-order valence-electron chi connectivity index (χ3n) is 3.21. The Kier molecular flexibility index (Phi) is 2.28. The number of hydrogen-bond acceptors (Lipinski definition) is 3. The minimum absolute atomic E-state index is 0.0864. The quantitative estimate of drug-likeness (QED) is 0.671. The lowest BCUT2D eigenvalue weighted by Gasteiger charge is -2.28. The van der Waals surface area contributed by atoms with Crippen LogP contribution in [0.25, 0.3) is 0 Å². The van der Waals surface area contributed by atoms with Crippen LogP contribution in [0.3, 0.4) is 0 Å². The summed E-state index contributed by atoms with van der Waals surface area (Å²) < 4.78 is 0. The molecule has 3 unspecified atom stereocenters. The van der Waals surface area contributed by atoms with Crippen molar-refractivity contribution in [1.82, 2.24) is 5.32 Å². The Bertz CT molecular complexity index is 234. The number of carbonyl (C=O) groups is 1. The fraction of sp³-hybridized carbons (Fsp3) is 0.889. The van der Waals surface area contributed by atoms with Crippen LogP contribution in [0.4, 0.5) is 0 Å². The second-order valence-electron chi connectivity index (χ2n) is 4.03. The zero-order valence-corrected chi connectivity index (χ0v) is 8.56. The summed E-state index contributed by atoms with van der Waals surface area (Å²) in [6.07, 6.45) is 3.59. The van der Waals surface area contributed by atoms with E-state index in [9.17, 15) is 4.79 Å². The third-order valence-corrected chi connectivity index (χ3v) is 4.95. The van der Waals surface area contributed by atoms with E-state index in [1.165, 1.54) is 12.8 Å². The Labute approximate surface area is 82.3 Å². The second-order valence-corrected chi connectivity index (χ2v) is 5.38. The van der Waals surface area contributed by atoms with Gasteiger partial charge in [0, 0.05) is 5.75 Å². The van der Waals surface area contributed by atoms with E-state index in [-0.39, 0.29) is 10.9 Å². The second kappa shape index (κ2) is 3.17. The van der Waals surface area contributed by atoms with E-state index in [0.717, 1.165) is 12.2 Å². The number of carboxylic acid groups (broad SMARTS) is 1. The zero-order chi connectivity index (χ0) is 9.47. The van der Waals surface area contributed by atoms with Crippen LogP contribution in [0.1, 0.15) is 26.2 Å². The first-order valence-corrected chi connectivity index (χ1v) is 5.77. The van der Waals surface area contributed by atoms with Gasteiger partial charge in [-0.05, 0) is 18.8 Å². The summed E-state index contributed by atoms with van der Waals surface area (Å²) in [5.41, 5.74) is 0. The highest BCUT2D eigenvalue weighted by Gasteiger charge is 2.47. The first-order chi connectivity index (χ1) is 6.14. The van der Waals surface area contributed by atoms with Crippen molar-refractivity contribution in [3.8, 4) is 0 Å². The summed E-state index contributed by atoms with van der Waals surface area (Å²) >= 11 is 1.80. The van der Waals surface area contributed by atoms with Crippen LogP contribution in [0, 0.1) is 5.92 Å². The van der Waals surface area contributed by atoms with Crippen molar-refractivity contribution in [1.29, 1.82) is 0 Å². The molecule has 3 atom stereocenters. The van der Waals surface area contributed by atoms with E-state index >= 15 is 0 Å². The van der Waals surface area contributed by atoms with Crippen molar-refractivity contribution in [2.24, 2.45) is 5.92 Å². The van der Waals surface area contributed by atoms with Crippen molar-refractivity contribution < 1.29 is 9.90 Å². The largest absolute Gasteiger partial charge is 0.480 e. The molecule has 3 nitrogen and oxygen atoms in total. The lowest BCUT2D eigenvalue weighted by molar-refractivity contribution is -0.138. The molecule has 1 heterocycles. The molecule has 0 amide bonds.